The molecule has 0 fully saturated rings. The van der Waals surface area contributed by atoms with Crippen LogP contribution in [-0.2, 0) is 0 Å². The van der Waals surface area contributed by atoms with Crippen molar-refractivity contribution >= 4 is 10.8 Å². The van der Waals surface area contributed by atoms with Gasteiger partial charge in [0, 0.05) is 23.2 Å². The Balaban J connectivity index is 2.95. The monoisotopic (exact) mass is 133 g/mol. The molecule has 0 spiro atoms. The number of aromatic nitrogens is 3. The molecule has 0 aliphatic carbocycles. The maximum absolute atomic E-state index is 3.91. The van der Waals surface area contributed by atoms with Gasteiger partial charge < -0.3 is 4.98 Å². The van der Waals surface area contributed by atoms with Crippen LogP contribution in [0.3, 0.4) is 0 Å². The van der Waals surface area contributed by atoms with Gasteiger partial charge in [-0.3, -0.25) is 0 Å². The molecular formula is C7H7N3. The highest BCUT2D eigenvalue weighted by atomic mass is 15.1. The summed E-state index contributed by atoms with van der Waals surface area (Å²) in [5, 5.41) is 9.99. The van der Waals surface area contributed by atoms with Crippen molar-refractivity contribution in [3.8, 4) is 0 Å². The Kier molecular flexibility index (Phi) is 0.974. The number of H-pyrrole nitrogens is 1. The summed E-state index contributed by atoms with van der Waals surface area (Å²) in [6, 6.07) is 0. The Morgan fingerprint density at radius 3 is 3.10 bits per heavy atom. The summed E-state index contributed by atoms with van der Waals surface area (Å²) >= 11 is 0. The van der Waals surface area contributed by atoms with E-state index < -0.39 is 0 Å². The van der Waals surface area contributed by atoms with Crippen LogP contribution in [0.5, 0.6) is 0 Å². The zero-order valence-corrected chi connectivity index (χ0v) is 5.63. The molecule has 2 aromatic heterocycles. The molecule has 0 unspecified atom stereocenters. The third kappa shape index (κ3) is 0.603. The molecule has 0 aromatic carbocycles. The quantitative estimate of drug-likeness (QED) is 0.588. The van der Waals surface area contributed by atoms with Gasteiger partial charge in [0.15, 0.2) is 0 Å². The molecule has 0 aliphatic heterocycles. The fourth-order valence-corrected chi connectivity index (χ4v) is 1.03. The number of hydrogen-bond acceptors (Lipinski definition) is 2. The average molecular weight is 133 g/mol. The molecule has 0 saturated heterocycles. The first kappa shape index (κ1) is 5.41. The molecule has 0 atom stereocenters. The number of aromatic amines is 1. The lowest BCUT2D eigenvalue weighted by Crippen LogP contribution is -1.83. The Labute approximate surface area is 58.1 Å². The minimum Gasteiger partial charge on any atom is -0.366 e. The second-order valence-corrected chi connectivity index (χ2v) is 2.25. The van der Waals surface area contributed by atoms with E-state index in [-0.39, 0.29) is 0 Å². The molecule has 3 nitrogen and oxygen atoms in total. The largest absolute Gasteiger partial charge is 0.366 e. The van der Waals surface area contributed by atoms with E-state index >= 15 is 0 Å². The maximum Gasteiger partial charge on any atom is 0.0693 e. The molecule has 0 bridgehead atoms. The van der Waals surface area contributed by atoms with Gasteiger partial charge >= 0.3 is 0 Å². The third-order valence-electron chi connectivity index (χ3n) is 1.57. The molecule has 2 heterocycles. The first-order valence-corrected chi connectivity index (χ1v) is 3.13. The molecule has 0 saturated carbocycles. The maximum atomic E-state index is 3.91. The lowest BCUT2D eigenvalue weighted by molar-refractivity contribution is 1.00. The molecule has 0 radical (unpaired) electrons. The number of nitrogens with one attached hydrogen (secondary N) is 1. The van der Waals surface area contributed by atoms with Crippen LogP contribution in [-0.4, -0.2) is 15.2 Å². The highest BCUT2D eigenvalue weighted by Crippen LogP contribution is 2.12. The second-order valence-electron chi connectivity index (χ2n) is 2.25. The van der Waals surface area contributed by atoms with Crippen LogP contribution >= 0.6 is 0 Å². The topological polar surface area (TPSA) is 41.6 Å². The Morgan fingerprint density at radius 1 is 1.40 bits per heavy atom. The smallest absolute Gasteiger partial charge is 0.0693 e. The van der Waals surface area contributed by atoms with Crippen LogP contribution in [0.25, 0.3) is 10.8 Å². The van der Waals surface area contributed by atoms with Gasteiger partial charge in [-0.25, -0.2) is 0 Å². The van der Waals surface area contributed by atoms with Crippen molar-refractivity contribution in [2.45, 2.75) is 6.92 Å². The summed E-state index contributed by atoms with van der Waals surface area (Å²) in [5.41, 5.74) is 0.971. The van der Waals surface area contributed by atoms with Crippen LogP contribution in [0.1, 0.15) is 5.69 Å². The summed E-state index contributed by atoms with van der Waals surface area (Å²) < 4.78 is 0. The van der Waals surface area contributed by atoms with E-state index in [4.69, 9.17) is 0 Å². The van der Waals surface area contributed by atoms with Crippen LogP contribution in [0.4, 0.5) is 0 Å². The van der Waals surface area contributed by atoms with Crippen LogP contribution in [0.15, 0.2) is 18.6 Å². The van der Waals surface area contributed by atoms with Gasteiger partial charge in [-0.2, -0.15) is 10.2 Å². The van der Waals surface area contributed by atoms with E-state index in [1.165, 1.54) is 0 Å². The minimum atomic E-state index is 0.971. The molecule has 0 aliphatic rings. The zero-order chi connectivity index (χ0) is 6.97. The summed E-state index contributed by atoms with van der Waals surface area (Å²) in [4.78, 5) is 3.00. The highest BCUT2D eigenvalue weighted by Gasteiger charge is 1.96. The number of nitrogens with zero attached hydrogens (tertiary/aromatic N) is 2. The van der Waals surface area contributed by atoms with Crippen molar-refractivity contribution in [2.75, 3.05) is 0 Å². The normalized spacial score (nSPS) is 10.5. The SMILES string of the molecule is Cc1nncc2c[nH]cc12. The van der Waals surface area contributed by atoms with E-state index in [2.05, 4.69) is 15.2 Å². The van der Waals surface area contributed by atoms with Crippen molar-refractivity contribution in [2.24, 2.45) is 0 Å². The lowest BCUT2D eigenvalue weighted by atomic mass is 10.2. The van der Waals surface area contributed by atoms with Crippen molar-refractivity contribution in [3.63, 3.8) is 0 Å². The molecule has 3 heteroatoms. The molecular weight excluding hydrogens is 126 g/mol. The fourth-order valence-electron chi connectivity index (χ4n) is 1.03. The summed E-state index contributed by atoms with van der Waals surface area (Å²) in [6.07, 6.45) is 5.59. The van der Waals surface area contributed by atoms with Crippen molar-refractivity contribution in [1.82, 2.24) is 15.2 Å². The predicted octanol–water partition coefficient (Wildman–Crippen LogP) is 1.27. The number of rotatable bonds is 0. The molecule has 1 N–H and O–H groups in total. The molecule has 2 aromatic rings. The summed E-state index contributed by atoms with van der Waals surface area (Å²) in [6.45, 7) is 1.95. The summed E-state index contributed by atoms with van der Waals surface area (Å²) in [7, 11) is 0. The first-order chi connectivity index (χ1) is 4.88. The van der Waals surface area contributed by atoms with Crippen molar-refractivity contribution in [3.05, 3.63) is 24.3 Å². The Hall–Kier alpha value is -1.38. The van der Waals surface area contributed by atoms with Gasteiger partial charge in [0.1, 0.15) is 0 Å². The molecule has 0 amide bonds. The average Bonchev–Trinajstić information content (AvgIpc) is 2.36. The summed E-state index contributed by atoms with van der Waals surface area (Å²) in [5.74, 6) is 0. The standard InChI is InChI=1S/C7H7N3/c1-5-7-4-8-2-6(7)3-9-10-5/h2-4,8H,1H3. The van der Waals surface area contributed by atoms with Crippen molar-refractivity contribution in [1.29, 1.82) is 0 Å². The number of aryl methyl sites for hydroxylation is 1. The first-order valence-electron chi connectivity index (χ1n) is 3.13. The van der Waals surface area contributed by atoms with E-state index in [0.717, 1.165) is 16.5 Å². The highest BCUT2D eigenvalue weighted by molar-refractivity contribution is 5.82. The van der Waals surface area contributed by atoms with Gasteiger partial charge in [-0.15, -0.1) is 0 Å². The van der Waals surface area contributed by atoms with Crippen LogP contribution in [0.2, 0.25) is 0 Å². The molecule has 2 rings (SSSR count). The number of hydrogen-bond donors (Lipinski definition) is 1. The van der Waals surface area contributed by atoms with Crippen molar-refractivity contribution < 1.29 is 0 Å². The van der Waals surface area contributed by atoms with Gasteiger partial charge in [0.25, 0.3) is 0 Å². The van der Waals surface area contributed by atoms with E-state index in [1.54, 1.807) is 6.20 Å². The molecule has 50 valence electrons. The zero-order valence-electron chi connectivity index (χ0n) is 5.63. The molecule has 10 heavy (non-hydrogen) atoms. The van der Waals surface area contributed by atoms with Crippen LogP contribution in [0, 0.1) is 6.92 Å². The van der Waals surface area contributed by atoms with Gasteiger partial charge in [0.2, 0.25) is 0 Å². The predicted molar refractivity (Wildman–Crippen MR) is 38.6 cm³/mol. The van der Waals surface area contributed by atoms with E-state index in [0.29, 0.717) is 0 Å². The third-order valence-corrected chi connectivity index (χ3v) is 1.57. The van der Waals surface area contributed by atoms with Gasteiger partial charge in [-0.1, -0.05) is 0 Å². The fraction of sp³-hybridized carbons (Fsp3) is 0.143. The Morgan fingerprint density at radius 2 is 2.30 bits per heavy atom. The minimum absolute atomic E-state index is 0.971. The Bertz CT molecular complexity index is 350. The number of fused-ring (bicyclic) bond motifs is 1. The lowest BCUT2D eigenvalue weighted by Gasteiger charge is -1.89. The van der Waals surface area contributed by atoms with Gasteiger partial charge in [-0.05, 0) is 6.92 Å². The van der Waals surface area contributed by atoms with Crippen LogP contribution < -0.4 is 0 Å². The van der Waals surface area contributed by atoms with E-state index in [1.807, 2.05) is 19.3 Å². The van der Waals surface area contributed by atoms with Gasteiger partial charge in [0.05, 0.1) is 11.9 Å². The van der Waals surface area contributed by atoms with E-state index in [9.17, 15) is 0 Å². The second kappa shape index (κ2) is 1.80.